The highest BCUT2D eigenvalue weighted by atomic mass is 19.4. The zero-order valence-electron chi connectivity index (χ0n) is 10.8. The van der Waals surface area contributed by atoms with Gasteiger partial charge in [0.15, 0.2) is 5.69 Å². The summed E-state index contributed by atoms with van der Waals surface area (Å²) in [4.78, 5) is 0. The summed E-state index contributed by atoms with van der Waals surface area (Å²) in [6, 6.07) is 2.88. The SMILES string of the molecule is CCc1cc(Cn2ccc(C(F)(F)F)n2)n(CC)n1. The normalized spacial score (nSPS) is 12.1. The monoisotopic (exact) mass is 272 g/mol. The first-order valence-electron chi connectivity index (χ1n) is 6.10. The molecule has 0 saturated carbocycles. The Bertz CT molecular complexity index is 554. The minimum atomic E-state index is -4.40. The summed E-state index contributed by atoms with van der Waals surface area (Å²) in [7, 11) is 0. The third kappa shape index (κ3) is 2.97. The van der Waals surface area contributed by atoms with Crippen molar-refractivity contribution < 1.29 is 13.2 Å². The van der Waals surface area contributed by atoms with E-state index in [0.717, 1.165) is 23.9 Å². The van der Waals surface area contributed by atoms with Gasteiger partial charge in [-0.3, -0.25) is 9.36 Å². The largest absolute Gasteiger partial charge is 0.435 e. The summed E-state index contributed by atoms with van der Waals surface area (Å²) in [6.45, 7) is 4.90. The first kappa shape index (κ1) is 13.6. The molecule has 0 fully saturated rings. The van der Waals surface area contributed by atoms with E-state index in [-0.39, 0.29) is 6.54 Å². The average molecular weight is 272 g/mol. The van der Waals surface area contributed by atoms with Crippen molar-refractivity contribution in [3.63, 3.8) is 0 Å². The van der Waals surface area contributed by atoms with Crippen LogP contribution in [0.3, 0.4) is 0 Å². The van der Waals surface area contributed by atoms with E-state index >= 15 is 0 Å². The fourth-order valence-electron chi connectivity index (χ4n) is 1.86. The summed E-state index contributed by atoms with van der Waals surface area (Å²) < 4.78 is 40.4. The first-order chi connectivity index (χ1) is 8.94. The van der Waals surface area contributed by atoms with Crippen LogP contribution >= 0.6 is 0 Å². The van der Waals surface area contributed by atoms with Crippen LogP contribution in [0.15, 0.2) is 18.3 Å². The number of alkyl halides is 3. The van der Waals surface area contributed by atoms with Crippen molar-refractivity contribution in [2.75, 3.05) is 0 Å². The van der Waals surface area contributed by atoms with Crippen LogP contribution in [-0.4, -0.2) is 19.6 Å². The van der Waals surface area contributed by atoms with Crippen LogP contribution in [0.4, 0.5) is 13.2 Å². The van der Waals surface area contributed by atoms with E-state index in [9.17, 15) is 13.2 Å². The Hall–Kier alpha value is -1.79. The second kappa shape index (κ2) is 5.07. The van der Waals surface area contributed by atoms with Crippen LogP contribution < -0.4 is 0 Å². The van der Waals surface area contributed by atoms with Gasteiger partial charge in [0.2, 0.25) is 0 Å². The van der Waals surface area contributed by atoms with Crippen LogP contribution in [0.25, 0.3) is 0 Å². The van der Waals surface area contributed by atoms with Gasteiger partial charge < -0.3 is 0 Å². The molecule has 0 N–H and O–H groups in total. The fraction of sp³-hybridized carbons (Fsp3) is 0.500. The van der Waals surface area contributed by atoms with Gasteiger partial charge in [0.05, 0.1) is 17.9 Å². The first-order valence-corrected chi connectivity index (χ1v) is 6.10. The fourth-order valence-corrected chi connectivity index (χ4v) is 1.86. The molecular weight excluding hydrogens is 257 g/mol. The Labute approximate surface area is 108 Å². The Morgan fingerprint density at radius 3 is 2.47 bits per heavy atom. The maximum Gasteiger partial charge on any atom is 0.435 e. The number of aromatic nitrogens is 4. The Kier molecular flexibility index (Phi) is 3.64. The molecule has 104 valence electrons. The van der Waals surface area contributed by atoms with Gasteiger partial charge >= 0.3 is 6.18 Å². The van der Waals surface area contributed by atoms with Gasteiger partial charge in [0.1, 0.15) is 0 Å². The van der Waals surface area contributed by atoms with Gasteiger partial charge in [-0.05, 0) is 25.5 Å². The highest BCUT2D eigenvalue weighted by Gasteiger charge is 2.33. The zero-order chi connectivity index (χ0) is 14.0. The molecule has 0 saturated heterocycles. The van der Waals surface area contributed by atoms with Crippen LogP contribution in [0.1, 0.15) is 30.9 Å². The third-order valence-electron chi connectivity index (χ3n) is 2.83. The van der Waals surface area contributed by atoms with Gasteiger partial charge in [-0.1, -0.05) is 6.92 Å². The molecule has 0 atom stereocenters. The molecule has 7 heteroatoms. The van der Waals surface area contributed by atoms with Gasteiger partial charge in [-0.15, -0.1) is 0 Å². The van der Waals surface area contributed by atoms with Crippen molar-refractivity contribution >= 4 is 0 Å². The summed E-state index contributed by atoms with van der Waals surface area (Å²) in [5, 5.41) is 7.89. The molecule has 0 aliphatic carbocycles. The van der Waals surface area contributed by atoms with Crippen molar-refractivity contribution in [3.05, 3.63) is 35.4 Å². The summed E-state index contributed by atoms with van der Waals surface area (Å²) in [6.07, 6.45) is -2.26. The Morgan fingerprint density at radius 1 is 1.21 bits per heavy atom. The smallest absolute Gasteiger partial charge is 0.268 e. The summed E-state index contributed by atoms with van der Waals surface area (Å²) >= 11 is 0. The van der Waals surface area contributed by atoms with Crippen molar-refractivity contribution in [2.45, 2.75) is 39.5 Å². The van der Waals surface area contributed by atoms with Gasteiger partial charge in [-0.2, -0.15) is 23.4 Å². The molecule has 0 aromatic carbocycles. The second-order valence-electron chi connectivity index (χ2n) is 4.19. The van der Waals surface area contributed by atoms with E-state index < -0.39 is 11.9 Å². The molecule has 0 unspecified atom stereocenters. The zero-order valence-corrected chi connectivity index (χ0v) is 10.8. The van der Waals surface area contributed by atoms with E-state index in [1.807, 2.05) is 19.9 Å². The molecule has 2 heterocycles. The number of hydrogen-bond acceptors (Lipinski definition) is 2. The number of rotatable bonds is 4. The summed E-state index contributed by atoms with van der Waals surface area (Å²) in [5.74, 6) is 0. The van der Waals surface area contributed by atoms with Crippen molar-refractivity contribution in [1.29, 1.82) is 0 Å². The van der Waals surface area contributed by atoms with E-state index in [1.54, 1.807) is 4.68 Å². The number of halogens is 3. The van der Waals surface area contributed by atoms with E-state index in [1.165, 1.54) is 10.9 Å². The topological polar surface area (TPSA) is 35.6 Å². The van der Waals surface area contributed by atoms with Crippen molar-refractivity contribution in [1.82, 2.24) is 19.6 Å². The van der Waals surface area contributed by atoms with Crippen molar-refractivity contribution in [3.8, 4) is 0 Å². The van der Waals surface area contributed by atoms with Crippen molar-refractivity contribution in [2.24, 2.45) is 0 Å². The average Bonchev–Trinajstić information content (AvgIpc) is 2.95. The lowest BCUT2D eigenvalue weighted by atomic mass is 10.3. The second-order valence-corrected chi connectivity index (χ2v) is 4.19. The van der Waals surface area contributed by atoms with E-state index in [2.05, 4.69) is 10.2 Å². The molecule has 2 aromatic heterocycles. The molecule has 4 nitrogen and oxygen atoms in total. The molecule has 0 bridgehead atoms. The lowest BCUT2D eigenvalue weighted by molar-refractivity contribution is -0.141. The standard InChI is InChI=1S/C12H15F3N4/c1-3-9-7-10(19(4-2)16-9)8-18-6-5-11(17-18)12(13,14)15/h5-7H,3-4,8H2,1-2H3. The maximum atomic E-state index is 12.5. The quantitative estimate of drug-likeness (QED) is 0.858. The molecule has 0 aliphatic heterocycles. The molecular formula is C12H15F3N4. The highest BCUT2D eigenvalue weighted by Crippen LogP contribution is 2.27. The molecule has 0 radical (unpaired) electrons. The predicted molar refractivity (Wildman–Crippen MR) is 63.6 cm³/mol. The minimum absolute atomic E-state index is 0.289. The number of aryl methyl sites for hydroxylation is 2. The Balaban J connectivity index is 2.21. The molecule has 0 amide bonds. The molecule has 0 aliphatic rings. The highest BCUT2D eigenvalue weighted by molar-refractivity contribution is 5.12. The molecule has 0 spiro atoms. The third-order valence-corrected chi connectivity index (χ3v) is 2.83. The van der Waals surface area contributed by atoms with E-state index in [4.69, 9.17) is 0 Å². The van der Waals surface area contributed by atoms with Gasteiger partial charge in [-0.25, -0.2) is 0 Å². The number of hydrogen-bond donors (Lipinski definition) is 0. The molecule has 19 heavy (non-hydrogen) atoms. The van der Waals surface area contributed by atoms with Gasteiger partial charge in [0.25, 0.3) is 0 Å². The van der Waals surface area contributed by atoms with E-state index in [0.29, 0.717) is 6.54 Å². The lowest BCUT2D eigenvalue weighted by Gasteiger charge is -2.05. The van der Waals surface area contributed by atoms with Crippen LogP contribution in [0, 0.1) is 0 Å². The number of nitrogens with zero attached hydrogens (tertiary/aromatic N) is 4. The lowest BCUT2D eigenvalue weighted by Crippen LogP contribution is -2.11. The van der Waals surface area contributed by atoms with Crippen LogP contribution in [0.2, 0.25) is 0 Å². The van der Waals surface area contributed by atoms with Crippen LogP contribution in [-0.2, 0) is 25.7 Å². The maximum absolute atomic E-state index is 12.5. The minimum Gasteiger partial charge on any atom is -0.268 e. The van der Waals surface area contributed by atoms with Gasteiger partial charge in [0, 0.05) is 12.7 Å². The molecule has 2 rings (SSSR count). The Morgan fingerprint density at radius 2 is 1.95 bits per heavy atom. The molecule has 2 aromatic rings. The summed E-state index contributed by atoms with van der Waals surface area (Å²) in [5.41, 5.74) is 0.919. The predicted octanol–water partition coefficient (Wildman–Crippen LogP) is 2.73. The van der Waals surface area contributed by atoms with Crippen LogP contribution in [0.5, 0.6) is 0 Å².